The third kappa shape index (κ3) is 5.19. The third-order valence-electron chi connectivity index (χ3n) is 5.11. The fourth-order valence-corrected chi connectivity index (χ4v) is 3.72. The Morgan fingerprint density at radius 3 is 2.74 bits per heavy atom. The largest absolute Gasteiger partial charge is 0.504 e. The number of hydrogen-bond acceptors (Lipinski definition) is 6. The number of aliphatic hydroxyl groups excluding tert-OH is 1. The summed E-state index contributed by atoms with van der Waals surface area (Å²) in [6.07, 6.45) is 0.746. The molecule has 1 aromatic carbocycles. The van der Waals surface area contributed by atoms with Gasteiger partial charge in [-0.2, -0.15) is 0 Å². The van der Waals surface area contributed by atoms with Crippen molar-refractivity contribution in [3.63, 3.8) is 0 Å². The Morgan fingerprint density at radius 1 is 1.19 bits per heavy atom. The van der Waals surface area contributed by atoms with E-state index in [1.165, 1.54) is 0 Å². The number of aromatic hydroxyl groups is 1. The molecular weight excluding hydrogens is 342 g/mol. The highest BCUT2D eigenvalue weighted by molar-refractivity contribution is 5.41. The maximum absolute atomic E-state index is 9.99. The van der Waals surface area contributed by atoms with Crippen molar-refractivity contribution >= 4 is 0 Å². The minimum Gasteiger partial charge on any atom is -0.504 e. The number of ether oxygens (including phenoxy) is 1. The number of phenolic OH excluding ortho intramolecular Hbond substituents is 1. The summed E-state index contributed by atoms with van der Waals surface area (Å²) < 4.78 is 5.11. The minimum absolute atomic E-state index is 0.172. The highest BCUT2D eigenvalue weighted by Crippen LogP contribution is 2.27. The normalized spacial score (nSPS) is 18.6. The van der Waals surface area contributed by atoms with Crippen molar-refractivity contribution in [1.82, 2.24) is 14.8 Å². The van der Waals surface area contributed by atoms with Gasteiger partial charge in [-0.15, -0.1) is 0 Å². The summed E-state index contributed by atoms with van der Waals surface area (Å²) in [7, 11) is 1.55. The van der Waals surface area contributed by atoms with Crippen molar-refractivity contribution in [3.05, 3.63) is 53.3 Å². The molecule has 0 radical (unpaired) electrons. The summed E-state index contributed by atoms with van der Waals surface area (Å²) in [6.45, 7) is 6.54. The Balaban J connectivity index is 1.63. The average Bonchev–Trinajstić information content (AvgIpc) is 2.64. The lowest BCUT2D eigenvalue weighted by atomic mass is 10.1. The summed E-state index contributed by atoms with van der Waals surface area (Å²) >= 11 is 0. The van der Waals surface area contributed by atoms with E-state index in [4.69, 9.17) is 4.74 Å². The standard InChI is InChI=1S/C21H29N3O3/c1-16-4-3-5-18(22-16)14-24-10-9-23(15-19(24)8-11-25)13-17-6-7-21(27-2)20(26)12-17/h3-7,12,19,25-26H,8-11,13-15H2,1-2H3. The fourth-order valence-electron chi connectivity index (χ4n) is 3.72. The first-order valence-corrected chi connectivity index (χ1v) is 9.44. The molecule has 6 heteroatoms. The Kier molecular flexibility index (Phi) is 6.66. The first-order chi connectivity index (χ1) is 13.1. The van der Waals surface area contributed by atoms with Crippen LogP contribution in [0.3, 0.4) is 0 Å². The van der Waals surface area contributed by atoms with Crippen molar-refractivity contribution in [1.29, 1.82) is 0 Å². The van der Waals surface area contributed by atoms with Crippen LogP contribution in [0.5, 0.6) is 11.5 Å². The maximum Gasteiger partial charge on any atom is 0.160 e. The Labute approximate surface area is 161 Å². The van der Waals surface area contributed by atoms with Gasteiger partial charge in [0.15, 0.2) is 11.5 Å². The highest BCUT2D eigenvalue weighted by Gasteiger charge is 2.27. The van der Waals surface area contributed by atoms with Gasteiger partial charge in [-0.05, 0) is 43.2 Å². The lowest BCUT2D eigenvalue weighted by Crippen LogP contribution is -2.52. The van der Waals surface area contributed by atoms with Gasteiger partial charge in [0.25, 0.3) is 0 Å². The SMILES string of the molecule is COc1ccc(CN2CCN(Cc3cccc(C)n3)C(CCO)C2)cc1O. The van der Waals surface area contributed by atoms with Crippen LogP contribution in [0.4, 0.5) is 0 Å². The molecule has 6 nitrogen and oxygen atoms in total. The van der Waals surface area contributed by atoms with Gasteiger partial charge >= 0.3 is 0 Å². The van der Waals surface area contributed by atoms with E-state index in [0.29, 0.717) is 5.75 Å². The van der Waals surface area contributed by atoms with Crippen LogP contribution in [0, 0.1) is 6.92 Å². The van der Waals surface area contributed by atoms with Gasteiger partial charge in [-0.1, -0.05) is 12.1 Å². The lowest BCUT2D eigenvalue weighted by Gasteiger charge is -2.41. The second-order valence-corrected chi connectivity index (χ2v) is 7.15. The summed E-state index contributed by atoms with van der Waals surface area (Å²) in [5, 5.41) is 19.5. The lowest BCUT2D eigenvalue weighted by molar-refractivity contribution is 0.0491. The van der Waals surface area contributed by atoms with Gasteiger partial charge in [0, 0.05) is 51.1 Å². The first kappa shape index (κ1) is 19.6. The summed E-state index contributed by atoms with van der Waals surface area (Å²) in [5.41, 5.74) is 3.17. The van der Waals surface area contributed by atoms with Crippen LogP contribution < -0.4 is 4.74 Å². The molecule has 1 saturated heterocycles. The van der Waals surface area contributed by atoms with Crippen molar-refractivity contribution in [2.75, 3.05) is 33.4 Å². The van der Waals surface area contributed by atoms with Gasteiger partial charge in [0.05, 0.1) is 12.8 Å². The quantitative estimate of drug-likeness (QED) is 0.777. The van der Waals surface area contributed by atoms with E-state index in [2.05, 4.69) is 20.9 Å². The second-order valence-electron chi connectivity index (χ2n) is 7.15. The van der Waals surface area contributed by atoms with Crippen LogP contribution in [-0.4, -0.2) is 64.4 Å². The predicted octanol–water partition coefficient (Wildman–Crippen LogP) is 2.17. The second kappa shape index (κ2) is 9.17. The number of phenols is 1. The minimum atomic E-state index is 0.172. The van der Waals surface area contributed by atoms with Crippen LogP contribution in [0.15, 0.2) is 36.4 Å². The Bertz CT molecular complexity index is 753. The Hall–Kier alpha value is -2.15. The van der Waals surface area contributed by atoms with Gasteiger partial charge in [-0.3, -0.25) is 14.8 Å². The molecule has 1 atom stereocenters. The number of benzene rings is 1. The summed E-state index contributed by atoms with van der Waals surface area (Å²) in [5.74, 6) is 0.665. The van der Waals surface area contributed by atoms with Crippen molar-refractivity contribution in [2.45, 2.75) is 32.5 Å². The molecule has 0 spiro atoms. The van der Waals surface area contributed by atoms with E-state index < -0.39 is 0 Å². The molecule has 27 heavy (non-hydrogen) atoms. The first-order valence-electron chi connectivity index (χ1n) is 9.44. The molecule has 0 bridgehead atoms. The topological polar surface area (TPSA) is 69.1 Å². The third-order valence-corrected chi connectivity index (χ3v) is 5.11. The monoisotopic (exact) mass is 371 g/mol. The fraction of sp³-hybridized carbons (Fsp3) is 0.476. The van der Waals surface area contributed by atoms with Gasteiger partial charge in [0.1, 0.15) is 0 Å². The molecular formula is C21H29N3O3. The number of methoxy groups -OCH3 is 1. The molecule has 1 aromatic heterocycles. The molecule has 2 aromatic rings. The molecule has 0 aliphatic carbocycles. The zero-order chi connectivity index (χ0) is 19.2. The van der Waals surface area contributed by atoms with Gasteiger partial charge < -0.3 is 14.9 Å². The summed E-state index contributed by atoms with van der Waals surface area (Å²) in [4.78, 5) is 9.41. The average molecular weight is 371 g/mol. The molecule has 1 aliphatic heterocycles. The van der Waals surface area contributed by atoms with Gasteiger partial charge in [-0.25, -0.2) is 0 Å². The number of aromatic nitrogens is 1. The Morgan fingerprint density at radius 2 is 2.04 bits per heavy atom. The van der Waals surface area contributed by atoms with Gasteiger partial charge in [0.2, 0.25) is 0 Å². The van der Waals surface area contributed by atoms with Crippen LogP contribution in [-0.2, 0) is 13.1 Å². The molecule has 1 unspecified atom stereocenters. The highest BCUT2D eigenvalue weighted by atomic mass is 16.5. The smallest absolute Gasteiger partial charge is 0.160 e. The molecule has 1 aliphatic rings. The van der Waals surface area contributed by atoms with E-state index in [-0.39, 0.29) is 18.4 Å². The molecule has 2 heterocycles. The van der Waals surface area contributed by atoms with Crippen LogP contribution >= 0.6 is 0 Å². The molecule has 3 rings (SSSR count). The number of aliphatic hydroxyl groups is 1. The predicted molar refractivity (Wildman–Crippen MR) is 105 cm³/mol. The molecule has 1 fully saturated rings. The number of aryl methyl sites for hydroxylation is 1. The molecule has 0 amide bonds. The van der Waals surface area contributed by atoms with E-state index in [9.17, 15) is 10.2 Å². The van der Waals surface area contributed by atoms with Crippen LogP contribution in [0.2, 0.25) is 0 Å². The van der Waals surface area contributed by atoms with E-state index in [0.717, 1.165) is 56.1 Å². The summed E-state index contributed by atoms with van der Waals surface area (Å²) in [6, 6.07) is 12.0. The molecule has 0 saturated carbocycles. The number of hydrogen-bond donors (Lipinski definition) is 2. The molecule has 2 N–H and O–H groups in total. The van der Waals surface area contributed by atoms with Crippen molar-refractivity contribution in [2.24, 2.45) is 0 Å². The van der Waals surface area contributed by atoms with E-state index >= 15 is 0 Å². The maximum atomic E-state index is 9.99. The zero-order valence-electron chi connectivity index (χ0n) is 16.1. The van der Waals surface area contributed by atoms with E-state index in [1.807, 2.05) is 25.1 Å². The number of pyridine rings is 1. The molecule has 146 valence electrons. The van der Waals surface area contributed by atoms with Crippen molar-refractivity contribution < 1.29 is 14.9 Å². The van der Waals surface area contributed by atoms with Crippen LogP contribution in [0.25, 0.3) is 0 Å². The zero-order valence-corrected chi connectivity index (χ0v) is 16.1. The number of piperazine rings is 1. The van der Waals surface area contributed by atoms with Crippen molar-refractivity contribution in [3.8, 4) is 11.5 Å². The number of nitrogens with zero attached hydrogens (tertiary/aromatic N) is 3. The van der Waals surface area contributed by atoms with E-state index in [1.54, 1.807) is 19.2 Å². The number of rotatable bonds is 7. The van der Waals surface area contributed by atoms with Crippen LogP contribution in [0.1, 0.15) is 23.4 Å².